The number of aliphatic carboxylic acids is 1. The number of aryl methyl sites for hydroxylation is 1. The van der Waals surface area contributed by atoms with Crippen molar-refractivity contribution < 1.29 is 19.8 Å². The summed E-state index contributed by atoms with van der Waals surface area (Å²) in [7, 11) is 0. The molecule has 0 saturated heterocycles. The van der Waals surface area contributed by atoms with Crippen molar-refractivity contribution in [2.24, 2.45) is 17.8 Å². The van der Waals surface area contributed by atoms with Gasteiger partial charge in [0.1, 0.15) is 0 Å². The van der Waals surface area contributed by atoms with Crippen molar-refractivity contribution in [3.63, 3.8) is 0 Å². The molecule has 0 aromatic heterocycles. The zero-order valence-corrected chi connectivity index (χ0v) is 24.1. The Morgan fingerprint density at radius 3 is 2.00 bits per heavy atom. The van der Waals surface area contributed by atoms with Gasteiger partial charge in [0.05, 0.1) is 24.5 Å². The number of hydrogen-bond donors (Lipinski definition) is 3. The van der Waals surface area contributed by atoms with E-state index in [1.807, 2.05) is 36.4 Å². The molecule has 1 aliphatic carbocycles. The normalized spacial score (nSPS) is 15.7. The molecule has 0 radical (unpaired) electrons. The fraction of sp³-hybridized carbons (Fsp3) is 0.444. The van der Waals surface area contributed by atoms with Gasteiger partial charge in [-0.2, -0.15) is 0 Å². The first-order valence-corrected chi connectivity index (χ1v) is 15.4. The van der Waals surface area contributed by atoms with Gasteiger partial charge in [0.25, 0.3) is 0 Å². The number of nitrogens with one attached hydrogen (secondary N) is 1. The van der Waals surface area contributed by atoms with Gasteiger partial charge in [-0.3, -0.25) is 9.59 Å². The summed E-state index contributed by atoms with van der Waals surface area (Å²) in [5.41, 5.74) is 4.80. The molecular formula is C36H45NO4. The quantitative estimate of drug-likeness (QED) is 0.165. The van der Waals surface area contributed by atoms with Crippen LogP contribution in [0.5, 0.6) is 0 Å². The van der Waals surface area contributed by atoms with Gasteiger partial charge in [0, 0.05) is 0 Å². The Morgan fingerprint density at radius 2 is 1.37 bits per heavy atom. The van der Waals surface area contributed by atoms with Crippen molar-refractivity contribution in [3.8, 4) is 11.1 Å². The van der Waals surface area contributed by atoms with E-state index in [4.69, 9.17) is 0 Å². The Balaban J connectivity index is 1.30. The third kappa shape index (κ3) is 9.29. The predicted molar refractivity (Wildman–Crippen MR) is 164 cm³/mol. The third-order valence-corrected chi connectivity index (χ3v) is 8.65. The smallest absolute Gasteiger partial charge is 0.307 e. The van der Waals surface area contributed by atoms with Crippen molar-refractivity contribution in [2.45, 2.75) is 76.7 Å². The SMILES string of the molecule is O=C(N[C@H](CO)Cc1ccccc1)[C@H](CCCCCCc1ccc(-c2ccccc2)cc1)[C@@H](C(=O)O)C1CCCC1. The molecule has 4 rings (SSSR count). The van der Waals surface area contributed by atoms with E-state index >= 15 is 0 Å². The summed E-state index contributed by atoms with van der Waals surface area (Å²) in [6, 6.07) is 28.5. The van der Waals surface area contributed by atoms with Crippen LogP contribution in [-0.2, 0) is 22.4 Å². The number of amides is 1. The van der Waals surface area contributed by atoms with E-state index in [1.165, 1.54) is 16.7 Å². The number of benzene rings is 3. The first-order valence-electron chi connectivity index (χ1n) is 15.4. The van der Waals surface area contributed by atoms with E-state index in [0.29, 0.717) is 12.8 Å². The van der Waals surface area contributed by atoms with E-state index in [0.717, 1.165) is 63.4 Å². The maximum Gasteiger partial charge on any atom is 0.307 e. The molecule has 3 atom stereocenters. The molecule has 3 aromatic rings. The van der Waals surface area contributed by atoms with Crippen molar-refractivity contribution in [3.05, 3.63) is 96.1 Å². The molecule has 0 bridgehead atoms. The summed E-state index contributed by atoms with van der Waals surface area (Å²) in [5, 5.41) is 23.2. The lowest BCUT2D eigenvalue weighted by molar-refractivity contribution is -0.150. The number of hydrogen-bond acceptors (Lipinski definition) is 3. The van der Waals surface area contributed by atoms with Crippen molar-refractivity contribution in [2.75, 3.05) is 6.61 Å². The van der Waals surface area contributed by atoms with Crippen LogP contribution in [0.25, 0.3) is 11.1 Å². The van der Waals surface area contributed by atoms with Gasteiger partial charge in [-0.25, -0.2) is 0 Å². The maximum atomic E-state index is 13.6. The number of aliphatic hydroxyl groups is 1. The second kappa shape index (κ2) is 16.1. The van der Waals surface area contributed by atoms with Crippen LogP contribution in [0.4, 0.5) is 0 Å². The average Bonchev–Trinajstić information content (AvgIpc) is 3.53. The van der Waals surface area contributed by atoms with Crippen molar-refractivity contribution >= 4 is 11.9 Å². The van der Waals surface area contributed by atoms with Gasteiger partial charge in [-0.15, -0.1) is 0 Å². The lowest BCUT2D eigenvalue weighted by atomic mass is 9.77. The van der Waals surface area contributed by atoms with Crippen molar-refractivity contribution in [1.82, 2.24) is 5.32 Å². The Bertz CT molecular complexity index is 1190. The lowest BCUT2D eigenvalue weighted by Crippen LogP contribution is -2.46. The Morgan fingerprint density at radius 1 is 0.756 bits per heavy atom. The molecule has 5 heteroatoms. The molecule has 1 amide bonds. The number of carboxylic acids is 1. The van der Waals surface area contributed by atoms with Crippen LogP contribution in [0.3, 0.4) is 0 Å². The summed E-state index contributed by atoms with van der Waals surface area (Å²) < 4.78 is 0. The van der Waals surface area contributed by atoms with E-state index in [2.05, 4.69) is 53.8 Å². The number of unbranched alkanes of at least 4 members (excludes halogenated alkanes) is 3. The molecule has 5 nitrogen and oxygen atoms in total. The van der Waals surface area contributed by atoms with Crippen LogP contribution in [-0.4, -0.2) is 34.7 Å². The predicted octanol–water partition coefficient (Wildman–Crippen LogP) is 7.07. The standard InChI is InChI=1S/C36H45NO4/c38-26-32(25-28-14-6-3-7-15-28)37-35(39)33(34(36(40)41)31-18-11-12-19-31)20-10-2-1-5-13-27-21-23-30(24-22-27)29-16-8-4-9-17-29/h3-4,6-9,14-17,21-24,31-34,38H,1-2,5,10-13,18-20,25-26H2,(H,37,39)(H,40,41)/t32-,33+,34-/m0/s1. The highest BCUT2D eigenvalue weighted by Crippen LogP contribution is 2.37. The minimum Gasteiger partial charge on any atom is -0.481 e. The minimum absolute atomic E-state index is 0.0452. The number of carbonyl (C=O) groups excluding carboxylic acids is 1. The van der Waals surface area contributed by atoms with E-state index in [9.17, 15) is 19.8 Å². The first kappa shape index (κ1) is 30.5. The Kier molecular flexibility index (Phi) is 12.0. The second-order valence-corrected chi connectivity index (χ2v) is 11.6. The van der Waals surface area contributed by atoms with Gasteiger partial charge in [-0.05, 0) is 66.7 Å². The second-order valence-electron chi connectivity index (χ2n) is 11.6. The molecule has 1 fully saturated rings. The summed E-state index contributed by atoms with van der Waals surface area (Å²) in [6.45, 7) is -0.180. The van der Waals surface area contributed by atoms with Gasteiger partial charge >= 0.3 is 5.97 Å². The molecule has 0 spiro atoms. The zero-order chi connectivity index (χ0) is 28.9. The van der Waals surface area contributed by atoms with E-state index in [-0.39, 0.29) is 18.4 Å². The third-order valence-electron chi connectivity index (χ3n) is 8.65. The van der Waals surface area contributed by atoms with Crippen LogP contribution < -0.4 is 5.32 Å². The molecule has 41 heavy (non-hydrogen) atoms. The van der Waals surface area contributed by atoms with E-state index in [1.54, 1.807) is 0 Å². The molecule has 0 unspecified atom stereocenters. The molecule has 218 valence electrons. The topological polar surface area (TPSA) is 86.6 Å². The molecule has 0 aliphatic heterocycles. The van der Waals surface area contributed by atoms with Crippen LogP contribution >= 0.6 is 0 Å². The van der Waals surface area contributed by atoms with Crippen LogP contribution in [0.15, 0.2) is 84.9 Å². The molecule has 3 aromatic carbocycles. The van der Waals surface area contributed by atoms with Gasteiger partial charge in [-0.1, -0.05) is 117 Å². The summed E-state index contributed by atoms with van der Waals surface area (Å²) in [6.07, 6.45) is 9.80. The summed E-state index contributed by atoms with van der Waals surface area (Å²) >= 11 is 0. The molecule has 3 N–H and O–H groups in total. The highest BCUT2D eigenvalue weighted by Gasteiger charge is 2.40. The number of rotatable bonds is 16. The molecule has 1 saturated carbocycles. The maximum absolute atomic E-state index is 13.6. The fourth-order valence-electron chi connectivity index (χ4n) is 6.40. The zero-order valence-electron chi connectivity index (χ0n) is 24.1. The summed E-state index contributed by atoms with van der Waals surface area (Å²) in [5.74, 6) is -2.29. The van der Waals surface area contributed by atoms with Gasteiger partial charge in [0.15, 0.2) is 0 Å². The first-order chi connectivity index (χ1) is 20.0. The van der Waals surface area contributed by atoms with Crippen LogP contribution in [0.1, 0.15) is 68.9 Å². The van der Waals surface area contributed by atoms with E-state index < -0.39 is 23.8 Å². The fourth-order valence-corrected chi connectivity index (χ4v) is 6.40. The molecule has 0 heterocycles. The average molecular weight is 556 g/mol. The Labute approximate surface area is 245 Å². The van der Waals surface area contributed by atoms with Crippen LogP contribution in [0, 0.1) is 17.8 Å². The van der Waals surface area contributed by atoms with Gasteiger partial charge in [0.2, 0.25) is 5.91 Å². The summed E-state index contributed by atoms with van der Waals surface area (Å²) in [4.78, 5) is 26.0. The number of carboxylic acid groups (broad SMARTS) is 1. The van der Waals surface area contributed by atoms with Crippen molar-refractivity contribution in [1.29, 1.82) is 0 Å². The Hall–Kier alpha value is -3.44. The van der Waals surface area contributed by atoms with Gasteiger partial charge < -0.3 is 15.5 Å². The highest BCUT2D eigenvalue weighted by molar-refractivity contribution is 5.85. The molecule has 1 aliphatic rings. The largest absolute Gasteiger partial charge is 0.481 e. The highest BCUT2D eigenvalue weighted by atomic mass is 16.4. The molecular weight excluding hydrogens is 510 g/mol. The monoisotopic (exact) mass is 555 g/mol. The number of carbonyl (C=O) groups is 2. The lowest BCUT2D eigenvalue weighted by Gasteiger charge is -2.29. The minimum atomic E-state index is -0.861. The van der Waals surface area contributed by atoms with Crippen LogP contribution in [0.2, 0.25) is 0 Å². The number of aliphatic hydroxyl groups excluding tert-OH is 1.